The Hall–Kier alpha value is -3.62. The summed E-state index contributed by atoms with van der Waals surface area (Å²) in [5.41, 5.74) is 11.7. The normalized spacial score (nSPS) is 10.1. The Balaban J connectivity index is 2.32. The first-order valence-electron chi connectivity index (χ1n) is 7.65. The minimum Gasteiger partial charge on any atom is -0.493 e. The Kier molecular flexibility index (Phi) is 5.96. The van der Waals surface area contributed by atoms with Crippen LogP contribution in [0.2, 0.25) is 0 Å². The average Bonchev–Trinajstić information content (AvgIpc) is 2.66. The van der Waals surface area contributed by atoms with Gasteiger partial charge in [-0.15, -0.1) is 0 Å². The van der Waals surface area contributed by atoms with Crippen LogP contribution in [0.3, 0.4) is 0 Å². The lowest BCUT2D eigenvalue weighted by atomic mass is 10.1. The molecule has 0 aliphatic rings. The van der Waals surface area contributed by atoms with Crippen molar-refractivity contribution in [2.75, 3.05) is 39.9 Å². The number of hydrogen-bond acceptors (Lipinski definition) is 9. The third kappa shape index (κ3) is 3.97. The minimum absolute atomic E-state index is 0.0555. The Labute approximate surface area is 155 Å². The second-order valence-corrected chi connectivity index (χ2v) is 5.27. The summed E-state index contributed by atoms with van der Waals surface area (Å²) in [6, 6.07) is 5.43. The van der Waals surface area contributed by atoms with Gasteiger partial charge in [0.25, 0.3) is 0 Å². The van der Waals surface area contributed by atoms with Crippen LogP contribution < -0.4 is 30.4 Å². The van der Waals surface area contributed by atoms with Gasteiger partial charge in [-0.05, 0) is 0 Å². The van der Waals surface area contributed by atoms with E-state index >= 15 is 0 Å². The molecule has 9 heteroatoms. The maximum absolute atomic E-state index is 12.4. The summed E-state index contributed by atoms with van der Waals surface area (Å²) in [4.78, 5) is 24.8. The van der Waals surface area contributed by atoms with Crippen LogP contribution in [0.4, 0.5) is 11.4 Å². The molecule has 0 aliphatic heterocycles. The topological polar surface area (TPSA) is 132 Å². The summed E-state index contributed by atoms with van der Waals surface area (Å²) >= 11 is 0. The van der Waals surface area contributed by atoms with Crippen molar-refractivity contribution in [3.63, 3.8) is 0 Å². The third-order valence-electron chi connectivity index (χ3n) is 3.74. The first kappa shape index (κ1) is 19.7. The van der Waals surface area contributed by atoms with E-state index in [-0.39, 0.29) is 34.0 Å². The highest BCUT2D eigenvalue weighted by Crippen LogP contribution is 2.34. The van der Waals surface area contributed by atoms with Gasteiger partial charge in [-0.2, -0.15) is 0 Å². The number of hydrogen-bond donors (Lipinski definition) is 2. The van der Waals surface area contributed by atoms with Gasteiger partial charge in [-0.1, -0.05) is 0 Å². The quantitative estimate of drug-likeness (QED) is 0.440. The first-order valence-corrected chi connectivity index (χ1v) is 7.65. The van der Waals surface area contributed by atoms with E-state index < -0.39 is 11.9 Å². The molecular formula is C18H20N2O7. The monoisotopic (exact) mass is 376 g/mol. The number of nitrogens with two attached hydrogens (primary N) is 2. The van der Waals surface area contributed by atoms with Crippen molar-refractivity contribution < 1.29 is 33.3 Å². The lowest BCUT2D eigenvalue weighted by Crippen LogP contribution is -2.16. The van der Waals surface area contributed by atoms with Gasteiger partial charge in [0.1, 0.15) is 0 Å². The molecule has 0 saturated carbocycles. The molecule has 0 amide bonds. The van der Waals surface area contributed by atoms with Gasteiger partial charge in [0.05, 0.1) is 50.9 Å². The van der Waals surface area contributed by atoms with Crippen molar-refractivity contribution in [3.05, 3.63) is 35.4 Å². The van der Waals surface area contributed by atoms with Crippen LogP contribution in [0.5, 0.6) is 23.0 Å². The van der Waals surface area contributed by atoms with E-state index in [0.717, 1.165) is 0 Å². The van der Waals surface area contributed by atoms with Crippen LogP contribution >= 0.6 is 0 Å². The molecule has 0 saturated heterocycles. The number of ether oxygens (including phenoxy) is 5. The summed E-state index contributed by atoms with van der Waals surface area (Å²) < 4.78 is 25.3. The smallest absolute Gasteiger partial charge is 0.348 e. The van der Waals surface area contributed by atoms with E-state index in [9.17, 15) is 9.59 Å². The Morgan fingerprint density at radius 2 is 0.926 bits per heavy atom. The van der Waals surface area contributed by atoms with E-state index in [1.807, 2.05) is 0 Å². The summed E-state index contributed by atoms with van der Waals surface area (Å²) in [5, 5.41) is 0. The molecule has 0 atom stereocenters. The second kappa shape index (κ2) is 8.17. The van der Waals surface area contributed by atoms with Crippen molar-refractivity contribution in [1.29, 1.82) is 0 Å². The van der Waals surface area contributed by atoms with Crippen molar-refractivity contribution in [2.24, 2.45) is 0 Å². The number of methoxy groups -OCH3 is 4. The summed E-state index contributed by atoms with van der Waals surface area (Å²) in [7, 11) is 5.66. The molecule has 4 N–H and O–H groups in total. The number of esters is 2. The predicted molar refractivity (Wildman–Crippen MR) is 97.7 cm³/mol. The highest BCUT2D eigenvalue weighted by molar-refractivity contribution is 6.07. The molecule has 0 unspecified atom stereocenters. The molecule has 144 valence electrons. The molecule has 0 radical (unpaired) electrons. The van der Waals surface area contributed by atoms with E-state index in [1.54, 1.807) is 0 Å². The van der Waals surface area contributed by atoms with Gasteiger partial charge in [-0.3, -0.25) is 0 Å². The number of nitrogen functional groups attached to an aromatic ring is 2. The molecule has 0 heterocycles. The fourth-order valence-corrected chi connectivity index (χ4v) is 2.34. The molecule has 0 bridgehead atoms. The number of benzene rings is 2. The summed E-state index contributed by atoms with van der Waals surface area (Å²) in [6.45, 7) is 0. The predicted octanol–water partition coefficient (Wildman–Crippen LogP) is 1.88. The lowest BCUT2D eigenvalue weighted by molar-refractivity contribution is 0.0399. The van der Waals surface area contributed by atoms with Crippen molar-refractivity contribution >= 4 is 23.3 Å². The molecule has 0 aromatic heterocycles. The zero-order chi connectivity index (χ0) is 20.1. The fourth-order valence-electron chi connectivity index (χ4n) is 2.34. The fraction of sp³-hybridized carbons (Fsp3) is 0.222. The highest BCUT2D eigenvalue weighted by Gasteiger charge is 2.23. The molecule has 0 aliphatic carbocycles. The van der Waals surface area contributed by atoms with Gasteiger partial charge >= 0.3 is 11.9 Å². The van der Waals surface area contributed by atoms with Crippen molar-refractivity contribution in [3.8, 4) is 23.0 Å². The Morgan fingerprint density at radius 3 is 1.22 bits per heavy atom. The van der Waals surface area contributed by atoms with Crippen LogP contribution in [-0.4, -0.2) is 40.4 Å². The molecule has 27 heavy (non-hydrogen) atoms. The number of carbonyl (C=O) groups is 2. The average molecular weight is 376 g/mol. The van der Waals surface area contributed by atoms with Crippen LogP contribution in [0, 0.1) is 0 Å². The maximum Gasteiger partial charge on any atom is 0.348 e. The first-order chi connectivity index (χ1) is 12.9. The van der Waals surface area contributed by atoms with Crippen LogP contribution in [-0.2, 0) is 4.74 Å². The number of carbonyl (C=O) groups excluding carboxylic acids is 2. The molecule has 0 spiro atoms. The zero-order valence-electron chi connectivity index (χ0n) is 15.3. The van der Waals surface area contributed by atoms with E-state index in [1.165, 1.54) is 52.7 Å². The number of rotatable bonds is 6. The van der Waals surface area contributed by atoms with Crippen molar-refractivity contribution in [2.45, 2.75) is 0 Å². The van der Waals surface area contributed by atoms with Gasteiger partial charge in [-0.25, -0.2) is 9.59 Å². The standard InChI is InChI=1S/C18H20N2O7/c1-23-13-5-9(11(19)7-15(13)25-3)17(21)27-18(22)10-6-14(24-2)16(26-4)8-12(10)20/h5-8H,19-20H2,1-4H3. The summed E-state index contributed by atoms with van der Waals surface area (Å²) in [5.74, 6) is -0.738. The van der Waals surface area contributed by atoms with Gasteiger partial charge in [0.15, 0.2) is 23.0 Å². The Morgan fingerprint density at radius 1 is 0.630 bits per heavy atom. The second-order valence-electron chi connectivity index (χ2n) is 5.27. The van der Waals surface area contributed by atoms with Crippen LogP contribution in [0.1, 0.15) is 20.7 Å². The summed E-state index contributed by atoms with van der Waals surface area (Å²) in [6.07, 6.45) is 0. The number of anilines is 2. The largest absolute Gasteiger partial charge is 0.493 e. The van der Waals surface area contributed by atoms with Gasteiger partial charge in [0.2, 0.25) is 0 Å². The maximum atomic E-state index is 12.4. The van der Waals surface area contributed by atoms with Gasteiger partial charge < -0.3 is 35.2 Å². The molecule has 2 rings (SSSR count). The molecule has 2 aromatic rings. The van der Waals surface area contributed by atoms with E-state index in [2.05, 4.69) is 0 Å². The molecule has 9 nitrogen and oxygen atoms in total. The van der Waals surface area contributed by atoms with E-state index in [0.29, 0.717) is 11.5 Å². The van der Waals surface area contributed by atoms with Gasteiger partial charge in [0, 0.05) is 24.3 Å². The minimum atomic E-state index is -0.965. The highest BCUT2D eigenvalue weighted by atomic mass is 16.6. The SMILES string of the molecule is COc1cc(N)c(C(=O)OC(=O)c2cc(OC)c(OC)cc2N)cc1OC. The third-order valence-corrected chi connectivity index (χ3v) is 3.74. The van der Waals surface area contributed by atoms with E-state index in [4.69, 9.17) is 35.2 Å². The molecule has 2 aromatic carbocycles. The molecular weight excluding hydrogens is 356 g/mol. The van der Waals surface area contributed by atoms with Crippen LogP contribution in [0.25, 0.3) is 0 Å². The molecule has 0 fully saturated rings. The Bertz CT molecular complexity index is 809. The zero-order valence-corrected chi connectivity index (χ0v) is 15.3. The lowest BCUT2D eigenvalue weighted by Gasteiger charge is -2.13. The van der Waals surface area contributed by atoms with Crippen molar-refractivity contribution in [1.82, 2.24) is 0 Å². The van der Waals surface area contributed by atoms with Crippen LogP contribution in [0.15, 0.2) is 24.3 Å².